The van der Waals surface area contributed by atoms with Gasteiger partial charge in [-0.05, 0) is 43.6 Å². The van der Waals surface area contributed by atoms with Gasteiger partial charge in [0.2, 0.25) is 5.91 Å². The van der Waals surface area contributed by atoms with Gasteiger partial charge in [0, 0.05) is 23.5 Å². The predicted molar refractivity (Wildman–Crippen MR) is 85.0 cm³/mol. The number of carbonyl (C=O) groups is 3. The zero-order valence-electron chi connectivity index (χ0n) is 12.8. The molecule has 2 saturated heterocycles. The molecule has 2 fully saturated rings. The second-order valence-electron chi connectivity index (χ2n) is 6.43. The Morgan fingerprint density at radius 2 is 2.04 bits per heavy atom. The minimum atomic E-state index is -0.948. The minimum absolute atomic E-state index is 0.135. The molecule has 0 radical (unpaired) electrons. The maximum absolute atomic E-state index is 13.0. The van der Waals surface area contributed by atoms with Gasteiger partial charge in [-0.15, -0.1) is 11.3 Å². The number of carbonyl (C=O) groups excluding carboxylic acids is 3. The number of likely N-dealkylation sites (tertiary alicyclic amines) is 1. The van der Waals surface area contributed by atoms with Gasteiger partial charge in [-0.3, -0.25) is 14.5 Å². The summed E-state index contributed by atoms with van der Waals surface area (Å²) in [6.45, 7) is 1.30. The lowest BCUT2D eigenvalue weighted by Gasteiger charge is -2.31. The fraction of sp³-hybridized carbons (Fsp3) is 0.562. The molecule has 4 amide bonds. The van der Waals surface area contributed by atoms with Crippen molar-refractivity contribution in [3.63, 3.8) is 0 Å². The number of hydrogen-bond donors (Lipinski definition) is 1. The Morgan fingerprint density at radius 3 is 2.83 bits per heavy atom. The van der Waals surface area contributed by atoms with Crippen LogP contribution in [-0.4, -0.2) is 47.3 Å². The van der Waals surface area contributed by atoms with E-state index in [9.17, 15) is 14.4 Å². The van der Waals surface area contributed by atoms with Gasteiger partial charge >= 0.3 is 6.03 Å². The Bertz CT molecular complexity index is 680. The largest absolute Gasteiger partial charge is 0.341 e. The van der Waals surface area contributed by atoms with E-state index in [2.05, 4.69) is 5.32 Å². The molecule has 6 nitrogen and oxygen atoms in total. The first kappa shape index (κ1) is 14.7. The van der Waals surface area contributed by atoms with Crippen molar-refractivity contribution >= 4 is 29.2 Å². The summed E-state index contributed by atoms with van der Waals surface area (Å²) in [5.74, 6) is -0.404. The third-order valence-corrected chi connectivity index (χ3v) is 6.07. The van der Waals surface area contributed by atoms with Crippen molar-refractivity contribution in [2.75, 3.05) is 19.6 Å². The Labute approximate surface area is 138 Å². The molecule has 122 valence electrons. The lowest BCUT2D eigenvalue weighted by atomic mass is 9.80. The molecular weight excluding hydrogens is 314 g/mol. The summed E-state index contributed by atoms with van der Waals surface area (Å²) in [6.07, 6.45) is 4.41. The summed E-state index contributed by atoms with van der Waals surface area (Å²) in [6, 6.07) is 1.49. The third-order valence-electron chi connectivity index (χ3n) is 5.09. The third kappa shape index (κ3) is 2.17. The van der Waals surface area contributed by atoms with E-state index in [1.165, 1.54) is 0 Å². The van der Waals surface area contributed by atoms with Crippen LogP contribution in [0.25, 0.3) is 0 Å². The summed E-state index contributed by atoms with van der Waals surface area (Å²) in [5.41, 5.74) is -0.0288. The van der Waals surface area contributed by atoms with Crippen LogP contribution in [0.3, 0.4) is 0 Å². The van der Waals surface area contributed by atoms with Crippen LogP contribution in [0.15, 0.2) is 11.4 Å². The Morgan fingerprint density at radius 1 is 1.26 bits per heavy atom. The Hall–Kier alpha value is -1.89. The molecule has 0 saturated carbocycles. The van der Waals surface area contributed by atoms with Crippen LogP contribution >= 0.6 is 11.3 Å². The highest BCUT2D eigenvalue weighted by atomic mass is 32.1. The van der Waals surface area contributed by atoms with Crippen molar-refractivity contribution in [1.82, 2.24) is 15.1 Å². The van der Waals surface area contributed by atoms with Crippen molar-refractivity contribution < 1.29 is 14.4 Å². The van der Waals surface area contributed by atoms with Crippen LogP contribution in [0.5, 0.6) is 0 Å². The molecule has 23 heavy (non-hydrogen) atoms. The van der Waals surface area contributed by atoms with E-state index in [4.69, 9.17) is 0 Å². The highest BCUT2D eigenvalue weighted by Gasteiger charge is 2.54. The van der Waals surface area contributed by atoms with Gasteiger partial charge in [0.25, 0.3) is 5.91 Å². The quantitative estimate of drug-likeness (QED) is 0.833. The van der Waals surface area contributed by atoms with E-state index in [-0.39, 0.29) is 18.4 Å². The zero-order chi connectivity index (χ0) is 16.0. The highest BCUT2D eigenvalue weighted by molar-refractivity contribution is 7.10. The summed E-state index contributed by atoms with van der Waals surface area (Å²) in [5, 5.41) is 4.85. The van der Waals surface area contributed by atoms with Crippen molar-refractivity contribution in [3.8, 4) is 0 Å². The standard InChI is InChI=1S/C16H19N3O3S/c20-13(18-7-1-2-8-18)10-19-14(21)16(17-15(19)22)6-3-4-12-11(16)5-9-23-12/h5,9H,1-4,6-8,10H2,(H,17,22)/t16-/m1/s1. The molecule has 0 aromatic carbocycles. The summed E-state index contributed by atoms with van der Waals surface area (Å²) in [4.78, 5) is 41.7. The second-order valence-corrected chi connectivity index (χ2v) is 7.43. The summed E-state index contributed by atoms with van der Waals surface area (Å²) in [7, 11) is 0. The first-order valence-corrected chi connectivity index (χ1v) is 8.98. The molecule has 7 heteroatoms. The molecule has 1 N–H and O–H groups in total. The number of amides is 4. The van der Waals surface area contributed by atoms with E-state index in [0.717, 1.165) is 54.1 Å². The van der Waals surface area contributed by atoms with Gasteiger partial charge in [0.15, 0.2) is 0 Å². The molecule has 1 aromatic heterocycles. The van der Waals surface area contributed by atoms with Gasteiger partial charge in [-0.25, -0.2) is 4.79 Å². The lowest BCUT2D eigenvalue weighted by Crippen LogP contribution is -2.47. The average Bonchev–Trinajstić information content (AvgIpc) is 3.25. The zero-order valence-corrected chi connectivity index (χ0v) is 13.7. The monoisotopic (exact) mass is 333 g/mol. The van der Waals surface area contributed by atoms with E-state index in [1.54, 1.807) is 16.2 Å². The van der Waals surface area contributed by atoms with Crippen LogP contribution in [0, 0.1) is 0 Å². The van der Waals surface area contributed by atoms with E-state index in [1.807, 2.05) is 11.4 Å². The smallest absolute Gasteiger partial charge is 0.325 e. The maximum atomic E-state index is 13.0. The molecule has 3 aliphatic rings. The number of nitrogens with zero attached hydrogens (tertiary/aromatic N) is 2. The lowest BCUT2D eigenvalue weighted by molar-refractivity contribution is -0.138. The molecule has 0 unspecified atom stereocenters. The van der Waals surface area contributed by atoms with Crippen LogP contribution in [-0.2, 0) is 21.5 Å². The van der Waals surface area contributed by atoms with Crippen LogP contribution in [0.1, 0.15) is 36.1 Å². The molecule has 1 atom stereocenters. The normalized spacial score (nSPS) is 26.8. The number of thiophene rings is 1. The highest BCUT2D eigenvalue weighted by Crippen LogP contribution is 2.42. The van der Waals surface area contributed by atoms with Gasteiger partial charge in [0.1, 0.15) is 12.1 Å². The number of rotatable bonds is 2. The predicted octanol–water partition coefficient (Wildman–Crippen LogP) is 1.45. The van der Waals surface area contributed by atoms with Gasteiger partial charge in [-0.1, -0.05) is 0 Å². The van der Waals surface area contributed by atoms with E-state index >= 15 is 0 Å². The topological polar surface area (TPSA) is 69.7 Å². The second kappa shape index (κ2) is 5.33. The van der Waals surface area contributed by atoms with Gasteiger partial charge in [-0.2, -0.15) is 0 Å². The van der Waals surface area contributed by atoms with Gasteiger partial charge < -0.3 is 10.2 Å². The first-order chi connectivity index (χ1) is 11.1. The van der Waals surface area contributed by atoms with Gasteiger partial charge in [0.05, 0.1) is 0 Å². The molecule has 0 bridgehead atoms. The molecule has 4 rings (SSSR count). The minimum Gasteiger partial charge on any atom is -0.341 e. The number of fused-ring (bicyclic) bond motifs is 2. The molecule has 3 heterocycles. The molecule has 2 aliphatic heterocycles. The fourth-order valence-corrected chi connectivity index (χ4v) is 4.89. The SMILES string of the molecule is O=C(CN1C(=O)N[C@@]2(CCCc3sccc32)C1=O)N1CCCC1. The maximum Gasteiger partial charge on any atom is 0.325 e. The van der Waals surface area contributed by atoms with Crippen molar-refractivity contribution in [1.29, 1.82) is 0 Å². The molecule has 1 spiro atoms. The molecular formula is C16H19N3O3S. The number of hydrogen-bond acceptors (Lipinski definition) is 4. The fourth-order valence-electron chi connectivity index (χ4n) is 3.89. The molecule has 1 aliphatic carbocycles. The number of urea groups is 1. The number of imide groups is 1. The Balaban J connectivity index is 1.59. The van der Waals surface area contributed by atoms with E-state index in [0.29, 0.717) is 6.42 Å². The van der Waals surface area contributed by atoms with Crippen LogP contribution in [0.4, 0.5) is 4.79 Å². The van der Waals surface area contributed by atoms with Crippen molar-refractivity contribution in [3.05, 3.63) is 21.9 Å². The van der Waals surface area contributed by atoms with Crippen molar-refractivity contribution in [2.24, 2.45) is 0 Å². The number of aryl methyl sites for hydroxylation is 1. The summed E-state index contributed by atoms with van der Waals surface area (Å²) < 4.78 is 0. The number of nitrogens with one attached hydrogen (secondary N) is 1. The van der Waals surface area contributed by atoms with E-state index < -0.39 is 11.6 Å². The average molecular weight is 333 g/mol. The van der Waals surface area contributed by atoms with Crippen molar-refractivity contribution in [2.45, 2.75) is 37.6 Å². The first-order valence-electron chi connectivity index (χ1n) is 8.10. The Kier molecular flexibility index (Phi) is 3.41. The van der Waals surface area contributed by atoms with Crippen LogP contribution < -0.4 is 5.32 Å². The summed E-state index contributed by atoms with van der Waals surface area (Å²) >= 11 is 1.63. The van der Waals surface area contributed by atoms with Crippen LogP contribution in [0.2, 0.25) is 0 Å². The molecule has 1 aromatic rings.